The summed E-state index contributed by atoms with van der Waals surface area (Å²) in [4.78, 5) is 11.4. The molecule has 0 aromatic heterocycles. The smallest absolute Gasteiger partial charge is 0.248 e. The zero-order valence-electron chi connectivity index (χ0n) is 14.5. The molecule has 0 bridgehead atoms. The second kappa shape index (κ2) is 7.11. The Morgan fingerprint density at radius 3 is 2.75 bits per heavy atom. The van der Waals surface area contributed by atoms with E-state index >= 15 is 0 Å². The molecule has 3 N–H and O–H groups in total. The molecule has 1 amide bonds. The molecule has 24 heavy (non-hydrogen) atoms. The second-order valence-corrected chi connectivity index (χ2v) is 9.07. The van der Waals surface area contributed by atoms with Gasteiger partial charge in [0, 0.05) is 23.6 Å². The Hall–Kier alpha value is -1.60. The summed E-state index contributed by atoms with van der Waals surface area (Å²) in [6.07, 6.45) is 2.10. The van der Waals surface area contributed by atoms with Gasteiger partial charge in [0.15, 0.2) is 9.84 Å². The molecule has 134 valence electrons. The minimum Gasteiger partial charge on any atom is -0.487 e. The van der Waals surface area contributed by atoms with Crippen molar-refractivity contribution in [3.63, 3.8) is 0 Å². The number of primary amides is 1. The summed E-state index contributed by atoms with van der Waals surface area (Å²) in [5.74, 6) is 0.224. The van der Waals surface area contributed by atoms with Gasteiger partial charge in [0.1, 0.15) is 11.4 Å². The first kappa shape index (κ1) is 18.7. The quantitative estimate of drug-likeness (QED) is 0.782. The number of fused-ring (bicyclic) bond motifs is 1. The standard InChI is InChI=1S/C17H26N2O4S/c1-4-5-8-24(21,22)11-19-14-10-17(2,3)23-15-7-6-12(16(18)20)9-13(14)15/h6-7,9,14,19H,4-5,8,10-11H2,1-3H3,(H2,18,20). The van der Waals surface area contributed by atoms with E-state index in [9.17, 15) is 13.2 Å². The van der Waals surface area contributed by atoms with E-state index in [1.54, 1.807) is 18.2 Å². The lowest BCUT2D eigenvalue weighted by molar-refractivity contribution is 0.0670. The van der Waals surface area contributed by atoms with Crippen molar-refractivity contribution in [1.82, 2.24) is 5.32 Å². The Kier molecular flexibility index (Phi) is 5.55. The van der Waals surface area contributed by atoms with Crippen molar-refractivity contribution in [2.24, 2.45) is 5.73 Å². The normalized spacial score (nSPS) is 19.4. The molecule has 0 spiro atoms. The van der Waals surface area contributed by atoms with Crippen LogP contribution in [0.15, 0.2) is 18.2 Å². The van der Waals surface area contributed by atoms with Gasteiger partial charge in [0.25, 0.3) is 0 Å². The number of nitrogens with two attached hydrogens (primary N) is 1. The molecule has 1 aliphatic rings. The highest BCUT2D eigenvalue weighted by Gasteiger charge is 2.34. The number of amides is 1. The summed E-state index contributed by atoms with van der Waals surface area (Å²) in [6.45, 7) is 5.88. The summed E-state index contributed by atoms with van der Waals surface area (Å²) >= 11 is 0. The number of carbonyl (C=O) groups is 1. The summed E-state index contributed by atoms with van der Waals surface area (Å²) in [6, 6.07) is 4.82. The first-order valence-electron chi connectivity index (χ1n) is 8.20. The lowest BCUT2D eigenvalue weighted by Gasteiger charge is -2.38. The molecule has 0 radical (unpaired) electrons. The average molecular weight is 354 g/mol. The Morgan fingerprint density at radius 1 is 1.42 bits per heavy atom. The van der Waals surface area contributed by atoms with Crippen LogP contribution in [-0.4, -0.2) is 31.6 Å². The maximum atomic E-state index is 12.1. The Balaban J connectivity index is 2.23. The molecule has 1 unspecified atom stereocenters. The van der Waals surface area contributed by atoms with Gasteiger partial charge in [0.2, 0.25) is 5.91 Å². The van der Waals surface area contributed by atoms with E-state index in [1.165, 1.54) is 0 Å². The number of benzene rings is 1. The average Bonchev–Trinajstić information content (AvgIpc) is 2.49. The molecule has 6 nitrogen and oxygen atoms in total. The third-order valence-corrected chi connectivity index (χ3v) is 5.63. The minimum absolute atomic E-state index is 0.0893. The number of carbonyl (C=O) groups excluding carboxylic acids is 1. The first-order chi connectivity index (χ1) is 11.1. The molecule has 1 aliphatic heterocycles. The predicted octanol–water partition coefficient (Wildman–Crippen LogP) is 2.15. The van der Waals surface area contributed by atoms with Gasteiger partial charge in [-0.3, -0.25) is 10.1 Å². The van der Waals surface area contributed by atoms with Crippen LogP contribution in [0.4, 0.5) is 0 Å². The van der Waals surface area contributed by atoms with Crippen LogP contribution in [0.2, 0.25) is 0 Å². The molecular weight excluding hydrogens is 328 g/mol. The van der Waals surface area contributed by atoms with Crippen LogP contribution in [-0.2, 0) is 9.84 Å². The van der Waals surface area contributed by atoms with Gasteiger partial charge in [-0.05, 0) is 38.5 Å². The number of ether oxygens (including phenoxy) is 1. The fourth-order valence-corrected chi connectivity index (χ4v) is 4.18. The number of sulfone groups is 1. The van der Waals surface area contributed by atoms with Gasteiger partial charge in [-0.25, -0.2) is 8.42 Å². The number of rotatable bonds is 7. The van der Waals surface area contributed by atoms with E-state index < -0.39 is 21.3 Å². The third kappa shape index (κ3) is 4.70. The third-order valence-electron chi connectivity index (χ3n) is 4.11. The molecule has 0 aliphatic carbocycles. The summed E-state index contributed by atoms with van der Waals surface area (Å²) in [5, 5.41) is 3.13. The van der Waals surface area contributed by atoms with Crippen molar-refractivity contribution in [3.8, 4) is 5.75 Å². The van der Waals surface area contributed by atoms with E-state index in [4.69, 9.17) is 10.5 Å². The lowest BCUT2D eigenvalue weighted by Crippen LogP contribution is -2.41. The molecule has 1 heterocycles. The molecule has 0 fully saturated rings. The molecule has 1 atom stereocenters. The summed E-state index contributed by atoms with van der Waals surface area (Å²) in [7, 11) is -3.15. The first-order valence-corrected chi connectivity index (χ1v) is 10.0. The summed E-state index contributed by atoms with van der Waals surface area (Å²) < 4.78 is 30.2. The number of unbranched alkanes of at least 4 members (excludes halogenated alkanes) is 1. The van der Waals surface area contributed by atoms with E-state index in [-0.39, 0.29) is 17.7 Å². The predicted molar refractivity (Wildman–Crippen MR) is 93.7 cm³/mol. The Labute approximate surface area is 143 Å². The van der Waals surface area contributed by atoms with E-state index in [0.717, 1.165) is 12.0 Å². The summed E-state index contributed by atoms with van der Waals surface area (Å²) in [5.41, 5.74) is 6.08. The van der Waals surface area contributed by atoms with E-state index in [2.05, 4.69) is 5.32 Å². The maximum Gasteiger partial charge on any atom is 0.248 e. The van der Waals surface area contributed by atoms with Crippen LogP contribution < -0.4 is 15.8 Å². The van der Waals surface area contributed by atoms with Crippen LogP contribution in [0.5, 0.6) is 5.75 Å². The lowest BCUT2D eigenvalue weighted by atomic mass is 9.89. The zero-order valence-corrected chi connectivity index (χ0v) is 15.3. The molecule has 1 aromatic carbocycles. The molecular formula is C17H26N2O4S. The van der Waals surface area contributed by atoms with E-state index in [0.29, 0.717) is 24.2 Å². The van der Waals surface area contributed by atoms with Crippen LogP contribution in [0.1, 0.15) is 62.0 Å². The van der Waals surface area contributed by atoms with Gasteiger partial charge < -0.3 is 10.5 Å². The monoisotopic (exact) mass is 354 g/mol. The maximum absolute atomic E-state index is 12.1. The van der Waals surface area contributed by atoms with Crippen LogP contribution >= 0.6 is 0 Å². The van der Waals surface area contributed by atoms with Gasteiger partial charge in [-0.1, -0.05) is 13.3 Å². The molecule has 0 saturated carbocycles. The highest BCUT2D eigenvalue weighted by molar-refractivity contribution is 7.91. The van der Waals surface area contributed by atoms with Crippen molar-refractivity contribution < 1.29 is 17.9 Å². The highest BCUT2D eigenvalue weighted by atomic mass is 32.2. The zero-order chi connectivity index (χ0) is 18.0. The molecule has 0 saturated heterocycles. The Morgan fingerprint density at radius 2 is 2.12 bits per heavy atom. The van der Waals surface area contributed by atoms with E-state index in [1.807, 2.05) is 20.8 Å². The van der Waals surface area contributed by atoms with Gasteiger partial charge in [0.05, 0.1) is 11.6 Å². The van der Waals surface area contributed by atoms with Crippen molar-refractivity contribution in [1.29, 1.82) is 0 Å². The topological polar surface area (TPSA) is 98.5 Å². The Bertz CT molecular complexity index is 713. The number of nitrogens with one attached hydrogen (secondary N) is 1. The van der Waals surface area contributed by atoms with Crippen LogP contribution in [0.25, 0.3) is 0 Å². The van der Waals surface area contributed by atoms with Crippen LogP contribution in [0.3, 0.4) is 0 Å². The van der Waals surface area contributed by atoms with Crippen molar-refractivity contribution in [2.45, 2.75) is 51.7 Å². The van der Waals surface area contributed by atoms with Crippen molar-refractivity contribution in [2.75, 3.05) is 11.6 Å². The fourth-order valence-electron chi connectivity index (χ4n) is 2.85. The van der Waals surface area contributed by atoms with Gasteiger partial charge in [-0.15, -0.1) is 0 Å². The number of hydrogen-bond acceptors (Lipinski definition) is 5. The second-order valence-electron chi connectivity index (χ2n) is 6.89. The minimum atomic E-state index is -3.15. The molecule has 2 rings (SSSR count). The largest absolute Gasteiger partial charge is 0.487 e. The highest BCUT2D eigenvalue weighted by Crippen LogP contribution is 2.39. The van der Waals surface area contributed by atoms with Gasteiger partial charge >= 0.3 is 0 Å². The SMILES string of the molecule is CCCCS(=O)(=O)CNC1CC(C)(C)Oc2ccc(C(N)=O)cc21. The molecule has 7 heteroatoms. The number of hydrogen-bond donors (Lipinski definition) is 2. The van der Waals surface area contributed by atoms with Crippen molar-refractivity contribution in [3.05, 3.63) is 29.3 Å². The molecule has 1 aromatic rings. The fraction of sp³-hybridized carbons (Fsp3) is 0.588. The van der Waals surface area contributed by atoms with Crippen molar-refractivity contribution >= 4 is 15.7 Å². The van der Waals surface area contributed by atoms with Crippen LogP contribution in [0, 0.1) is 0 Å². The van der Waals surface area contributed by atoms with Gasteiger partial charge in [-0.2, -0.15) is 0 Å².